The molecule has 0 bridgehead atoms. The van der Waals surface area contributed by atoms with Crippen LogP contribution in [0.2, 0.25) is 0 Å². The first-order valence-corrected chi connectivity index (χ1v) is 8.05. The molecule has 0 atom stereocenters. The topological polar surface area (TPSA) is 87.7 Å². The van der Waals surface area contributed by atoms with E-state index in [4.69, 9.17) is 0 Å². The van der Waals surface area contributed by atoms with Crippen LogP contribution >= 0.6 is 15.9 Å². The minimum atomic E-state index is -3.66. The first-order chi connectivity index (χ1) is 9.49. The Kier molecular flexibility index (Phi) is 4.84. The van der Waals surface area contributed by atoms with Crippen molar-refractivity contribution >= 4 is 26.0 Å². The molecule has 0 unspecified atom stereocenters. The minimum absolute atomic E-state index is 0.0126. The summed E-state index contributed by atoms with van der Waals surface area (Å²) in [5, 5.41) is 6.39. The lowest BCUT2D eigenvalue weighted by Crippen LogP contribution is -2.25. The van der Waals surface area contributed by atoms with E-state index in [1.807, 2.05) is 0 Å². The molecule has 0 aliphatic rings. The summed E-state index contributed by atoms with van der Waals surface area (Å²) in [6, 6.07) is 3.44. The lowest BCUT2D eigenvalue weighted by atomic mass is 10.3. The number of hydrogen-bond acceptors (Lipinski definition) is 4. The van der Waals surface area contributed by atoms with Gasteiger partial charge in [0.2, 0.25) is 10.0 Å². The fraction of sp³-hybridized carbons (Fsp3) is 0.273. The van der Waals surface area contributed by atoms with Crippen LogP contribution in [-0.4, -0.2) is 30.1 Å². The van der Waals surface area contributed by atoms with E-state index in [0.717, 1.165) is 12.1 Å². The molecule has 9 heteroatoms. The highest BCUT2D eigenvalue weighted by Gasteiger charge is 2.17. The molecule has 0 radical (unpaired) electrons. The molecule has 1 aromatic heterocycles. The summed E-state index contributed by atoms with van der Waals surface area (Å²) in [6.45, 7) is 0.257. The van der Waals surface area contributed by atoms with Crippen LogP contribution in [0.1, 0.15) is 12.2 Å². The Labute approximate surface area is 124 Å². The zero-order chi connectivity index (χ0) is 14.6. The van der Waals surface area contributed by atoms with Gasteiger partial charge in [0.05, 0.1) is 4.90 Å². The van der Waals surface area contributed by atoms with Crippen LogP contribution in [0.4, 0.5) is 4.39 Å². The van der Waals surface area contributed by atoms with Crippen LogP contribution in [0, 0.1) is 5.82 Å². The lowest BCUT2D eigenvalue weighted by molar-refractivity contribution is 0.576. The van der Waals surface area contributed by atoms with Gasteiger partial charge in [0, 0.05) is 17.4 Å². The van der Waals surface area contributed by atoms with Gasteiger partial charge < -0.3 is 0 Å². The fourth-order valence-electron chi connectivity index (χ4n) is 1.58. The van der Waals surface area contributed by atoms with Gasteiger partial charge in [0.25, 0.3) is 0 Å². The molecule has 2 N–H and O–H groups in total. The van der Waals surface area contributed by atoms with E-state index < -0.39 is 15.8 Å². The standard InChI is InChI=1S/C11H12BrFN4O2S/c12-9-6-8(13)3-4-10(9)20(18,19)16-5-1-2-11-14-7-15-17-11/h3-4,6-7,16H,1-2,5H2,(H,14,15,17). The minimum Gasteiger partial charge on any atom is -0.263 e. The summed E-state index contributed by atoms with van der Waals surface area (Å²) in [6.07, 6.45) is 2.56. The maximum absolute atomic E-state index is 12.9. The van der Waals surface area contributed by atoms with Gasteiger partial charge in [-0.25, -0.2) is 22.5 Å². The van der Waals surface area contributed by atoms with Crippen LogP contribution in [0.15, 0.2) is 33.9 Å². The van der Waals surface area contributed by atoms with Crippen molar-refractivity contribution in [2.45, 2.75) is 17.7 Å². The molecule has 0 aliphatic heterocycles. The normalized spacial score (nSPS) is 11.7. The molecule has 0 saturated heterocycles. The predicted molar refractivity (Wildman–Crippen MR) is 74.0 cm³/mol. The Morgan fingerprint density at radius 2 is 2.20 bits per heavy atom. The second-order valence-corrected chi connectivity index (χ2v) is 6.60. The Hall–Kier alpha value is -1.32. The van der Waals surface area contributed by atoms with E-state index in [1.54, 1.807) is 0 Å². The van der Waals surface area contributed by atoms with E-state index in [9.17, 15) is 12.8 Å². The molecule has 0 aliphatic carbocycles. The average Bonchev–Trinajstić information content (AvgIpc) is 2.87. The highest BCUT2D eigenvalue weighted by atomic mass is 79.9. The smallest absolute Gasteiger partial charge is 0.241 e. The number of nitrogens with one attached hydrogen (secondary N) is 2. The van der Waals surface area contributed by atoms with Crippen LogP contribution in [0.3, 0.4) is 0 Å². The van der Waals surface area contributed by atoms with Crippen LogP contribution in [0.5, 0.6) is 0 Å². The van der Waals surface area contributed by atoms with Crippen molar-refractivity contribution in [1.29, 1.82) is 0 Å². The third-order valence-corrected chi connectivity index (χ3v) is 4.97. The molecule has 1 heterocycles. The quantitative estimate of drug-likeness (QED) is 0.764. The van der Waals surface area contributed by atoms with Crippen molar-refractivity contribution in [2.24, 2.45) is 0 Å². The summed E-state index contributed by atoms with van der Waals surface area (Å²) in [7, 11) is -3.66. The maximum Gasteiger partial charge on any atom is 0.241 e. The van der Waals surface area contributed by atoms with E-state index in [1.165, 1.54) is 12.4 Å². The first-order valence-electron chi connectivity index (χ1n) is 5.78. The average molecular weight is 363 g/mol. The number of rotatable bonds is 6. The fourth-order valence-corrected chi connectivity index (χ4v) is 3.71. The number of H-pyrrole nitrogens is 1. The number of hydrogen-bond donors (Lipinski definition) is 2. The number of nitrogens with zero attached hydrogens (tertiary/aromatic N) is 2. The Morgan fingerprint density at radius 3 is 2.85 bits per heavy atom. The van der Waals surface area contributed by atoms with Crippen LogP contribution < -0.4 is 4.72 Å². The van der Waals surface area contributed by atoms with Crippen molar-refractivity contribution in [2.75, 3.05) is 6.54 Å². The summed E-state index contributed by atoms with van der Waals surface area (Å²) < 4.78 is 39.6. The monoisotopic (exact) mass is 362 g/mol. The predicted octanol–water partition coefficient (Wildman–Crippen LogP) is 1.62. The van der Waals surface area contributed by atoms with Gasteiger partial charge in [-0.3, -0.25) is 5.10 Å². The third-order valence-electron chi connectivity index (χ3n) is 2.53. The summed E-state index contributed by atoms with van der Waals surface area (Å²) in [4.78, 5) is 3.95. The van der Waals surface area contributed by atoms with Gasteiger partial charge in [-0.15, -0.1) is 0 Å². The second-order valence-electron chi connectivity index (χ2n) is 4.01. The summed E-state index contributed by atoms with van der Waals surface area (Å²) in [5.41, 5.74) is 0. The Morgan fingerprint density at radius 1 is 1.40 bits per heavy atom. The molecular formula is C11H12BrFN4O2S. The van der Waals surface area contributed by atoms with Gasteiger partial charge in [0.1, 0.15) is 18.0 Å². The van der Waals surface area contributed by atoms with E-state index >= 15 is 0 Å². The SMILES string of the molecule is O=S(=O)(NCCCc1ncn[nH]1)c1ccc(F)cc1Br. The molecule has 6 nitrogen and oxygen atoms in total. The van der Waals surface area contributed by atoms with Crippen LogP contribution in [-0.2, 0) is 16.4 Å². The molecule has 2 rings (SSSR count). The van der Waals surface area contributed by atoms with E-state index in [-0.39, 0.29) is 15.9 Å². The first kappa shape index (κ1) is 15.1. The summed E-state index contributed by atoms with van der Waals surface area (Å²) >= 11 is 3.04. The maximum atomic E-state index is 12.9. The van der Waals surface area contributed by atoms with Gasteiger partial charge >= 0.3 is 0 Å². The largest absolute Gasteiger partial charge is 0.263 e. The van der Waals surface area contributed by atoms with Gasteiger partial charge in [-0.2, -0.15) is 5.10 Å². The highest BCUT2D eigenvalue weighted by molar-refractivity contribution is 9.10. The third kappa shape index (κ3) is 3.84. The number of aromatic nitrogens is 3. The summed E-state index contributed by atoms with van der Waals surface area (Å²) in [5.74, 6) is 0.202. The number of sulfonamides is 1. The molecular weight excluding hydrogens is 351 g/mol. The molecule has 108 valence electrons. The number of benzene rings is 1. The van der Waals surface area contributed by atoms with Gasteiger partial charge in [-0.1, -0.05) is 0 Å². The van der Waals surface area contributed by atoms with Crippen LogP contribution in [0.25, 0.3) is 0 Å². The molecule has 0 saturated carbocycles. The number of aromatic amines is 1. The van der Waals surface area contributed by atoms with Crippen molar-refractivity contribution in [3.8, 4) is 0 Å². The molecule has 0 fully saturated rings. The number of aryl methyl sites for hydroxylation is 1. The molecule has 20 heavy (non-hydrogen) atoms. The molecule has 0 amide bonds. The Balaban J connectivity index is 1.93. The molecule has 2 aromatic rings. The van der Waals surface area contributed by atoms with E-state index in [2.05, 4.69) is 35.8 Å². The Bertz CT molecular complexity index is 676. The van der Waals surface area contributed by atoms with Gasteiger partial charge in [-0.05, 0) is 40.5 Å². The van der Waals surface area contributed by atoms with Gasteiger partial charge in [0.15, 0.2) is 0 Å². The number of halogens is 2. The highest BCUT2D eigenvalue weighted by Crippen LogP contribution is 2.22. The lowest BCUT2D eigenvalue weighted by Gasteiger charge is -2.08. The zero-order valence-electron chi connectivity index (χ0n) is 10.3. The van der Waals surface area contributed by atoms with Crippen molar-refractivity contribution < 1.29 is 12.8 Å². The zero-order valence-corrected chi connectivity index (χ0v) is 12.7. The van der Waals surface area contributed by atoms with Crippen molar-refractivity contribution in [3.63, 3.8) is 0 Å². The molecule has 1 aromatic carbocycles. The second kappa shape index (κ2) is 6.42. The van der Waals surface area contributed by atoms with Crippen molar-refractivity contribution in [1.82, 2.24) is 19.9 Å². The van der Waals surface area contributed by atoms with Crippen molar-refractivity contribution in [3.05, 3.63) is 40.6 Å². The molecule has 0 spiro atoms. The van der Waals surface area contributed by atoms with E-state index in [0.29, 0.717) is 18.7 Å².